The van der Waals surface area contributed by atoms with Crippen LogP contribution in [0.4, 0.5) is 4.79 Å². The average Bonchev–Trinajstić information content (AvgIpc) is 2.46. The van der Waals surface area contributed by atoms with E-state index in [1.165, 1.54) is 0 Å². The molecule has 0 saturated carbocycles. The zero-order valence-electron chi connectivity index (χ0n) is 10.9. The monoisotopic (exact) mass is 260 g/mol. The highest BCUT2D eigenvalue weighted by Gasteiger charge is 2.10. The largest absolute Gasteiger partial charge is 0.392 e. The highest BCUT2D eigenvalue weighted by atomic mass is 16.3. The van der Waals surface area contributed by atoms with Gasteiger partial charge in [0.2, 0.25) is 0 Å². The highest BCUT2D eigenvalue weighted by Crippen LogP contribution is 2.10. The number of aliphatic hydroxyl groups excluding tert-OH is 1. The molecule has 3 N–H and O–H groups in total. The van der Waals surface area contributed by atoms with Crippen molar-refractivity contribution in [3.05, 3.63) is 47.5 Å². The maximum Gasteiger partial charge on any atom is 0.315 e. The number of carbonyl (C=O) groups is 1. The first-order valence-electron chi connectivity index (χ1n) is 6.67. The third-order valence-electron chi connectivity index (χ3n) is 3.20. The number of carbonyl (C=O) groups excluding carboxylic acids is 1. The molecule has 0 aromatic heterocycles. The van der Waals surface area contributed by atoms with Gasteiger partial charge in [-0.05, 0) is 30.4 Å². The quantitative estimate of drug-likeness (QED) is 0.726. The van der Waals surface area contributed by atoms with E-state index in [1.807, 2.05) is 24.3 Å². The molecule has 1 aromatic rings. The Morgan fingerprint density at radius 3 is 2.95 bits per heavy atom. The molecule has 4 nitrogen and oxygen atoms in total. The van der Waals surface area contributed by atoms with Crippen LogP contribution in [0, 0.1) is 0 Å². The third-order valence-corrected chi connectivity index (χ3v) is 3.20. The summed E-state index contributed by atoms with van der Waals surface area (Å²) < 4.78 is 0. The minimum atomic E-state index is -0.147. The molecule has 0 radical (unpaired) electrons. The van der Waals surface area contributed by atoms with E-state index in [0.29, 0.717) is 6.54 Å². The Kier molecular flexibility index (Phi) is 4.98. The van der Waals surface area contributed by atoms with Crippen molar-refractivity contribution in [2.45, 2.75) is 38.5 Å². The SMILES string of the molecule is O=C(NCc1cccc(CO)c1)NC1C=CCCC1. The average molecular weight is 260 g/mol. The highest BCUT2D eigenvalue weighted by molar-refractivity contribution is 5.74. The zero-order valence-corrected chi connectivity index (χ0v) is 10.9. The van der Waals surface area contributed by atoms with E-state index in [-0.39, 0.29) is 18.7 Å². The molecular weight excluding hydrogens is 240 g/mol. The van der Waals surface area contributed by atoms with E-state index in [1.54, 1.807) is 0 Å². The van der Waals surface area contributed by atoms with Crippen LogP contribution in [0.5, 0.6) is 0 Å². The van der Waals surface area contributed by atoms with Crippen molar-refractivity contribution in [2.75, 3.05) is 0 Å². The Bertz CT molecular complexity index is 457. The van der Waals surface area contributed by atoms with Crippen LogP contribution in [0.3, 0.4) is 0 Å². The molecule has 2 amide bonds. The third kappa shape index (κ3) is 4.41. The fourth-order valence-electron chi connectivity index (χ4n) is 2.17. The van der Waals surface area contributed by atoms with Gasteiger partial charge in [0.25, 0.3) is 0 Å². The Balaban J connectivity index is 1.79. The number of allylic oxidation sites excluding steroid dienone is 1. The maximum absolute atomic E-state index is 11.7. The molecule has 1 aliphatic rings. The van der Waals surface area contributed by atoms with Gasteiger partial charge in [-0.25, -0.2) is 4.79 Å². The summed E-state index contributed by atoms with van der Waals surface area (Å²) in [4.78, 5) is 11.7. The van der Waals surface area contributed by atoms with E-state index < -0.39 is 0 Å². The fourth-order valence-corrected chi connectivity index (χ4v) is 2.17. The van der Waals surface area contributed by atoms with Crippen molar-refractivity contribution in [2.24, 2.45) is 0 Å². The minimum Gasteiger partial charge on any atom is -0.392 e. The van der Waals surface area contributed by atoms with Crippen LogP contribution in [0.2, 0.25) is 0 Å². The maximum atomic E-state index is 11.7. The van der Waals surface area contributed by atoms with Crippen molar-refractivity contribution >= 4 is 6.03 Å². The minimum absolute atomic E-state index is 0.0207. The molecule has 1 aromatic carbocycles. The summed E-state index contributed by atoms with van der Waals surface area (Å²) in [6.45, 7) is 0.489. The normalized spacial score (nSPS) is 18.1. The number of amides is 2. The molecule has 0 fully saturated rings. The van der Waals surface area contributed by atoms with E-state index >= 15 is 0 Å². The van der Waals surface area contributed by atoms with Crippen molar-refractivity contribution in [1.29, 1.82) is 0 Å². The van der Waals surface area contributed by atoms with E-state index in [2.05, 4.69) is 22.8 Å². The molecule has 1 atom stereocenters. The number of rotatable bonds is 4. The molecular formula is C15H20N2O2. The van der Waals surface area contributed by atoms with Crippen LogP contribution in [-0.2, 0) is 13.2 Å². The molecule has 0 heterocycles. The molecule has 19 heavy (non-hydrogen) atoms. The second-order valence-corrected chi connectivity index (χ2v) is 4.77. The summed E-state index contributed by atoms with van der Waals surface area (Å²) in [6, 6.07) is 7.56. The number of hydrogen-bond acceptors (Lipinski definition) is 2. The van der Waals surface area contributed by atoms with Gasteiger partial charge in [-0.3, -0.25) is 0 Å². The van der Waals surface area contributed by atoms with Crippen LogP contribution in [0.1, 0.15) is 30.4 Å². The Morgan fingerprint density at radius 2 is 2.21 bits per heavy atom. The lowest BCUT2D eigenvalue weighted by Gasteiger charge is -2.18. The van der Waals surface area contributed by atoms with Gasteiger partial charge < -0.3 is 15.7 Å². The fraction of sp³-hybridized carbons (Fsp3) is 0.400. The Labute approximate surface area is 113 Å². The number of benzene rings is 1. The van der Waals surface area contributed by atoms with Crippen LogP contribution in [0.25, 0.3) is 0 Å². The van der Waals surface area contributed by atoms with Gasteiger partial charge in [-0.15, -0.1) is 0 Å². The lowest BCUT2D eigenvalue weighted by molar-refractivity contribution is 0.237. The van der Waals surface area contributed by atoms with Crippen molar-refractivity contribution in [1.82, 2.24) is 10.6 Å². The first kappa shape index (κ1) is 13.6. The van der Waals surface area contributed by atoms with Crippen LogP contribution in [0.15, 0.2) is 36.4 Å². The van der Waals surface area contributed by atoms with E-state index in [0.717, 1.165) is 30.4 Å². The number of hydrogen-bond donors (Lipinski definition) is 3. The summed E-state index contributed by atoms with van der Waals surface area (Å²) in [5.74, 6) is 0. The first-order chi connectivity index (χ1) is 9.28. The van der Waals surface area contributed by atoms with Gasteiger partial charge >= 0.3 is 6.03 Å². The summed E-state index contributed by atoms with van der Waals surface area (Å²) >= 11 is 0. The van der Waals surface area contributed by atoms with Crippen LogP contribution in [-0.4, -0.2) is 17.2 Å². The molecule has 2 rings (SSSR count). The van der Waals surface area contributed by atoms with Gasteiger partial charge in [0.15, 0.2) is 0 Å². The van der Waals surface area contributed by atoms with E-state index in [4.69, 9.17) is 5.11 Å². The molecule has 0 saturated heterocycles. The second kappa shape index (κ2) is 6.95. The molecule has 0 spiro atoms. The molecule has 1 aliphatic carbocycles. The van der Waals surface area contributed by atoms with E-state index in [9.17, 15) is 4.79 Å². The predicted molar refractivity (Wildman–Crippen MR) is 74.5 cm³/mol. The lowest BCUT2D eigenvalue weighted by atomic mass is 10.0. The first-order valence-corrected chi connectivity index (χ1v) is 6.67. The Morgan fingerprint density at radius 1 is 1.37 bits per heavy atom. The topological polar surface area (TPSA) is 61.4 Å². The van der Waals surface area contributed by atoms with Crippen molar-refractivity contribution in [3.63, 3.8) is 0 Å². The van der Waals surface area contributed by atoms with Crippen LogP contribution < -0.4 is 10.6 Å². The molecule has 4 heteroatoms. The summed E-state index contributed by atoms with van der Waals surface area (Å²) in [7, 11) is 0. The van der Waals surface area contributed by atoms with Crippen molar-refractivity contribution < 1.29 is 9.90 Å². The summed E-state index contributed by atoms with van der Waals surface area (Å²) in [6.07, 6.45) is 7.40. The van der Waals surface area contributed by atoms with Gasteiger partial charge in [0.05, 0.1) is 6.61 Å². The zero-order chi connectivity index (χ0) is 13.5. The molecule has 0 aliphatic heterocycles. The van der Waals surface area contributed by atoms with Crippen LogP contribution >= 0.6 is 0 Å². The van der Waals surface area contributed by atoms with Gasteiger partial charge in [-0.1, -0.05) is 36.4 Å². The van der Waals surface area contributed by atoms with Gasteiger partial charge in [-0.2, -0.15) is 0 Å². The predicted octanol–water partition coefficient (Wildman–Crippen LogP) is 2.09. The van der Waals surface area contributed by atoms with Crippen molar-refractivity contribution in [3.8, 4) is 0 Å². The lowest BCUT2D eigenvalue weighted by Crippen LogP contribution is -2.41. The number of nitrogens with one attached hydrogen (secondary N) is 2. The molecule has 102 valence electrons. The van der Waals surface area contributed by atoms with Gasteiger partial charge in [0, 0.05) is 12.6 Å². The summed E-state index contributed by atoms with van der Waals surface area (Å²) in [5, 5.41) is 14.8. The Hall–Kier alpha value is -1.81. The molecule has 0 bridgehead atoms. The van der Waals surface area contributed by atoms with Gasteiger partial charge in [0.1, 0.15) is 0 Å². The second-order valence-electron chi connectivity index (χ2n) is 4.77. The summed E-state index contributed by atoms with van der Waals surface area (Å²) in [5.41, 5.74) is 1.84. The standard InChI is InChI=1S/C15H20N2O2/c18-11-13-6-4-5-12(9-13)10-16-15(19)17-14-7-2-1-3-8-14/h2,4-7,9,14,18H,1,3,8,10-11H2,(H2,16,17,19). The molecule has 1 unspecified atom stereocenters. The number of aliphatic hydroxyl groups is 1. The number of urea groups is 1. The smallest absolute Gasteiger partial charge is 0.315 e.